The van der Waals surface area contributed by atoms with E-state index in [1.807, 2.05) is 60.7 Å². The van der Waals surface area contributed by atoms with Crippen LogP contribution in [-0.2, 0) is 16.9 Å². The van der Waals surface area contributed by atoms with E-state index in [1.54, 1.807) is 13.0 Å². The average molecular weight is 347 g/mol. The van der Waals surface area contributed by atoms with E-state index in [9.17, 15) is 9.59 Å². The highest BCUT2D eigenvalue weighted by atomic mass is 16.5. The predicted molar refractivity (Wildman–Crippen MR) is 94.8 cm³/mol. The molecule has 4 rings (SSSR count). The predicted octanol–water partition coefficient (Wildman–Crippen LogP) is 3.31. The summed E-state index contributed by atoms with van der Waals surface area (Å²) >= 11 is 0. The number of nitrogens with one attached hydrogen (secondary N) is 1. The van der Waals surface area contributed by atoms with Crippen LogP contribution in [0.1, 0.15) is 18.2 Å². The number of rotatable bonds is 4. The SMILES string of the molecule is CC1(c2ccccc2)NC(=O)N(Cc2cc(-c3ccccc3)no2)C1=O. The van der Waals surface area contributed by atoms with Gasteiger partial charge in [-0.3, -0.25) is 9.69 Å². The van der Waals surface area contributed by atoms with Crippen molar-refractivity contribution < 1.29 is 14.1 Å². The Morgan fingerprint density at radius 2 is 1.69 bits per heavy atom. The lowest BCUT2D eigenvalue weighted by molar-refractivity contribution is -0.131. The Labute approximate surface area is 150 Å². The molecule has 0 radical (unpaired) electrons. The molecule has 1 aliphatic rings. The number of hydrogen-bond donors (Lipinski definition) is 1. The lowest BCUT2D eigenvalue weighted by Gasteiger charge is -2.21. The zero-order valence-electron chi connectivity index (χ0n) is 14.2. The average Bonchev–Trinajstić information content (AvgIpc) is 3.23. The largest absolute Gasteiger partial charge is 0.359 e. The maximum atomic E-state index is 12.9. The van der Waals surface area contributed by atoms with Crippen molar-refractivity contribution in [1.29, 1.82) is 0 Å². The van der Waals surface area contributed by atoms with Gasteiger partial charge in [0.1, 0.15) is 11.2 Å². The van der Waals surface area contributed by atoms with Crippen LogP contribution in [0.3, 0.4) is 0 Å². The summed E-state index contributed by atoms with van der Waals surface area (Å²) in [6.45, 7) is 1.74. The molecule has 0 aliphatic carbocycles. The summed E-state index contributed by atoms with van der Waals surface area (Å²) in [6, 6.07) is 20.1. The summed E-state index contributed by atoms with van der Waals surface area (Å²) in [5, 5.41) is 6.81. The van der Waals surface area contributed by atoms with E-state index in [0.717, 1.165) is 16.0 Å². The highest BCUT2D eigenvalue weighted by Crippen LogP contribution is 2.30. The first-order valence-corrected chi connectivity index (χ1v) is 8.28. The Morgan fingerprint density at radius 1 is 1.04 bits per heavy atom. The molecule has 1 N–H and O–H groups in total. The van der Waals surface area contributed by atoms with Crippen LogP contribution in [-0.4, -0.2) is 22.0 Å². The first-order valence-electron chi connectivity index (χ1n) is 8.28. The number of carbonyl (C=O) groups excluding carboxylic acids is 2. The highest BCUT2D eigenvalue weighted by molar-refractivity contribution is 6.07. The Hall–Kier alpha value is -3.41. The Balaban J connectivity index is 1.57. The monoisotopic (exact) mass is 347 g/mol. The topological polar surface area (TPSA) is 75.4 Å². The number of urea groups is 1. The quantitative estimate of drug-likeness (QED) is 0.735. The number of hydrogen-bond acceptors (Lipinski definition) is 4. The van der Waals surface area contributed by atoms with Crippen molar-refractivity contribution in [3.05, 3.63) is 78.1 Å². The fraction of sp³-hybridized carbons (Fsp3) is 0.150. The molecule has 3 aromatic rings. The van der Waals surface area contributed by atoms with Gasteiger partial charge in [-0.05, 0) is 12.5 Å². The Kier molecular flexibility index (Phi) is 3.80. The summed E-state index contributed by atoms with van der Waals surface area (Å²) in [5.74, 6) is 0.135. The van der Waals surface area contributed by atoms with Crippen LogP contribution in [0.2, 0.25) is 0 Å². The summed E-state index contributed by atoms with van der Waals surface area (Å²) in [6.07, 6.45) is 0. The zero-order chi connectivity index (χ0) is 18.1. The maximum Gasteiger partial charge on any atom is 0.325 e. The molecule has 6 heteroatoms. The van der Waals surface area contributed by atoms with Gasteiger partial charge >= 0.3 is 6.03 Å². The third-order valence-corrected chi connectivity index (χ3v) is 4.57. The Morgan fingerprint density at radius 3 is 2.38 bits per heavy atom. The van der Waals surface area contributed by atoms with Crippen molar-refractivity contribution in [1.82, 2.24) is 15.4 Å². The fourth-order valence-electron chi connectivity index (χ4n) is 3.10. The van der Waals surface area contributed by atoms with Crippen molar-refractivity contribution in [2.75, 3.05) is 0 Å². The number of aromatic nitrogens is 1. The molecule has 3 amide bonds. The highest BCUT2D eigenvalue weighted by Gasteiger charge is 2.49. The molecule has 1 aliphatic heterocycles. The minimum atomic E-state index is -1.08. The molecule has 1 atom stereocenters. The summed E-state index contributed by atoms with van der Waals surface area (Å²) < 4.78 is 5.33. The molecule has 0 spiro atoms. The standard InChI is InChI=1S/C20H17N3O3/c1-20(15-10-6-3-7-11-15)18(24)23(19(25)21-20)13-16-12-17(22-26-16)14-8-4-2-5-9-14/h2-12H,13H2,1H3,(H,21,25). The lowest BCUT2D eigenvalue weighted by Crippen LogP contribution is -2.40. The number of carbonyl (C=O) groups is 2. The van der Waals surface area contributed by atoms with E-state index in [-0.39, 0.29) is 12.5 Å². The van der Waals surface area contributed by atoms with Crippen LogP contribution in [0.25, 0.3) is 11.3 Å². The van der Waals surface area contributed by atoms with Crippen LogP contribution in [0.15, 0.2) is 71.3 Å². The van der Waals surface area contributed by atoms with Crippen molar-refractivity contribution in [3.63, 3.8) is 0 Å². The van der Waals surface area contributed by atoms with E-state index in [1.165, 1.54) is 0 Å². The molecule has 2 aromatic carbocycles. The minimum Gasteiger partial charge on any atom is -0.359 e. The minimum absolute atomic E-state index is 0.0346. The molecule has 0 bridgehead atoms. The van der Waals surface area contributed by atoms with Gasteiger partial charge in [0, 0.05) is 11.6 Å². The van der Waals surface area contributed by atoms with E-state index in [2.05, 4.69) is 10.5 Å². The summed E-state index contributed by atoms with van der Waals surface area (Å²) in [5.41, 5.74) is 1.23. The van der Waals surface area contributed by atoms with Gasteiger partial charge in [-0.15, -0.1) is 0 Å². The molecule has 1 unspecified atom stereocenters. The van der Waals surface area contributed by atoms with Crippen molar-refractivity contribution in [3.8, 4) is 11.3 Å². The van der Waals surface area contributed by atoms with E-state index in [4.69, 9.17) is 4.52 Å². The fourth-order valence-corrected chi connectivity index (χ4v) is 3.10. The molecule has 0 saturated carbocycles. The van der Waals surface area contributed by atoms with Gasteiger partial charge in [-0.25, -0.2) is 4.79 Å². The van der Waals surface area contributed by atoms with Gasteiger partial charge in [0.2, 0.25) is 0 Å². The third-order valence-electron chi connectivity index (χ3n) is 4.57. The second kappa shape index (κ2) is 6.15. The molecule has 130 valence electrons. The summed E-state index contributed by atoms with van der Waals surface area (Å²) in [4.78, 5) is 26.4. The normalized spacial score (nSPS) is 19.7. The van der Waals surface area contributed by atoms with E-state index in [0.29, 0.717) is 11.5 Å². The third kappa shape index (κ3) is 2.65. The lowest BCUT2D eigenvalue weighted by atomic mass is 9.92. The van der Waals surface area contributed by atoms with Gasteiger partial charge in [0.15, 0.2) is 5.76 Å². The van der Waals surface area contributed by atoms with Gasteiger partial charge < -0.3 is 9.84 Å². The molecule has 2 heterocycles. The number of nitrogens with zero attached hydrogens (tertiary/aromatic N) is 2. The van der Waals surface area contributed by atoms with Crippen molar-refractivity contribution in [2.45, 2.75) is 19.0 Å². The van der Waals surface area contributed by atoms with Crippen LogP contribution in [0, 0.1) is 0 Å². The van der Waals surface area contributed by atoms with Crippen LogP contribution >= 0.6 is 0 Å². The molecule has 26 heavy (non-hydrogen) atoms. The van der Waals surface area contributed by atoms with Gasteiger partial charge in [-0.1, -0.05) is 65.8 Å². The van der Waals surface area contributed by atoms with Crippen molar-refractivity contribution >= 4 is 11.9 Å². The first kappa shape index (κ1) is 16.1. The number of amides is 3. The van der Waals surface area contributed by atoms with E-state index < -0.39 is 11.6 Å². The van der Waals surface area contributed by atoms with E-state index >= 15 is 0 Å². The molecule has 1 fully saturated rings. The Bertz CT molecular complexity index is 953. The molecular weight excluding hydrogens is 330 g/mol. The second-order valence-corrected chi connectivity index (χ2v) is 6.36. The first-order chi connectivity index (χ1) is 12.6. The smallest absolute Gasteiger partial charge is 0.325 e. The van der Waals surface area contributed by atoms with Gasteiger partial charge in [-0.2, -0.15) is 0 Å². The van der Waals surface area contributed by atoms with Crippen LogP contribution in [0.5, 0.6) is 0 Å². The molecular formula is C20H17N3O3. The van der Waals surface area contributed by atoms with Gasteiger partial charge in [0.05, 0.1) is 6.54 Å². The molecule has 6 nitrogen and oxygen atoms in total. The van der Waals surface area contributed by atoms with Gasteiger partial charge in [0.25, 0.3) is 5.91 Å². The second-order valence-electron chi connectivity index (χ2n) is 6.36. The maximum absolute atomic E-state index is 12.9. The summed E-state index contributed by atoms with van der Waals surface area (Å²) in [7, 11) is 0. The van der Waals surface area contributed by atoms with Crippen molar-refractivity contribution in [2.24, 2.45) is 0 Å². The molecule has 1 saturated heterocycles. The molecule has 1 aromatic heterocycles. The van der Waals surface area contributed by atoms with Crippen LogP contribution < -0.4 is 5.32 Å². The van der Waals surface area contributed by atoms with Crippen LogP contribution in [0.4, 0.5) is 4.79 Å². The zero-order valence-corrected chi connectivity index (χ0v) is 14.2. The number of benzene rings is 2. The number of imide groups is 1.